The highest BCUT2D eigenvalue weighted by atomic mass is 79.9. The van der Waals surface area contributed by atoms with Crippen molar-refractivity contribution < 1.29 is 9.84 Å². The number of rotatable bonds is 0. The van der Waals surface area contributed by atoms with Crippen molar-refractivity contribution in [2.45, 2.75) is 20.0 Å². The first-order valence-corrected chi connectivity index (χ1v) is 5.01. The second kappa shape index (κ2) is 3.00. The van der Waals surface area contributed by atoms with Gasteiger partial charge in [-0.1, -0.05) is 15.9 Å². The van der Waals surface area contributed by atoms with Crippen molar-refractivity contribution in [3.63, 3.8) is 0 Å². The lowest BCUT2D eigenvalue weighted by Crippen LogP contribution is -1.99. The van der Waals surface area contributed by atoms with Gasteiger partial charge in [-0.05, 0) is 31.0 Å². The molecule has 0 fully saturated rings. The molecule has 0 amide bonds. The number of aryl methyl sites for hydroxylation is 1. The number of aliphatic hydroxyl groups is 1. The third-order valence-corrected chi connectivity index (χ3v) is 3.64. The quantitative estimate of drug-likeness (QED) is 0.758. The van der Waals surface area contributed by atoms with E-state index in [9.17, 15) is 5.11 Å². The SMILES string of the molecule is Cc1cc2c(c(C)c1Br)C(O)CO2. The maximum absolute atomic E-state index is 9.63. The average molecular weight is 243 g/mol. The van der Waals surface area contributed by atoms with Crippen LogP contribution in [-0.4, -0.2) is 11.7 Å². The largest absolute Gasteiger partial charge is 0.490 e. The molecule has 70 valence electrons. The smallest absolute Gasteiger partial charge is 0.125 e. The second-order valence-corrected chi connectivity index (χ2v) is 4.16. The van der Waals surface area contributed by atoms with E-state index in [2.05, 4.69) is 15.9 Å². The van der Waals surface area contributed by atoms with Crippen molar-refractivity contribution in [2.75, 3.05) is 6.61 Å². The molecule has 0 aliphatic carbocycles. The van der Waals surface area contributed by atoms with E-state index in [4.69, 9.17) is 4.74 Å². The number of halogens is 1. The number of fused-ring (bicyclic) bond motifs is 1. The van der Waals surface area contributed by atoms with Crippen LogP contribution in [0.3, 0.4) is 0 Å². The normalized spacial score (nSPS) is 19.8. The van der Waals surface area contributed by atoms with Crippen molar-refractivity contribution in [1.82, 2.24) is 0 Å². The average Bonchev–Trinajstić information content (AvgIpc) is 2.43. The molecule has 0 saturated carbocycles. The summed E-state index contributed by atoms with van der Waals surface area (Å²) in [5, 5.41) is 9.63. The van der Waals surface area contributed by atoms with Gasteiger partial charge in [0.15, 0.2) is 0 Å². The van der Waals surface area contributed by atoms with Crippen LogP contribution < -0.4 is 4.74 Å². The highest BCUT2D eigenvalue weighted by Gasteiger charge is 2.25. The van der Waals surface area contributed by atoms with E-state index in [1.807, 2.05) is 19.9 Å². The Balaban J connectivity index is 2.68. The number of ether oxygens (including phenoxy) is 1. The molecule has 3 heteroatoms. The van der Waals surface area contributed by atoms with Crippen molar-refractivity contribution in [3.05, 3.63) is 27.2 Å². The molecule has 1 atom stereocenters. The fourth-order valence-electron chi connectivity index (χ4n) is 1.72. The molecule has 1 N–H and O–H groups in total. The van der Waals surface area contributed by atoms with E-state index in [1.165, 1.54) is 0 Å². The summed E-state index contributed by atoms with van der Waals surface area (Å²) in [5.41, 5.74) is 3.16. The van der Waals surface area contributed by atoms with Gasteiger partial charge in [0.1, 0.15) is 18.5 Å². The Morgan fingerprint density at radius 1 is 1.54 bits per heavy atom. The lowest BCUT2D eigenvalue weighted by Gasteiger charge is -2.09. The zero-order chi connectivity index (χ0) is 9.59. The number of aliphatic hydroxyl groups excluding tert-OH is 1. The molecule has 2 rings (SSSR count). The van der Waals surface area contributed by atoms with Crippen LogP contribution >= 0.6 is 15.9 Å². The molecule has 0 saturated heterocycles. The summed E-state index contributed by atoms with van der Waals surface area (Å²) in [7, 11) is 0. The predicted octanol–water partition coefficient (Wildman–Crippen LogP) is 2.49. The van der Waals surface area contributed by atoms with E-state index < -0.39 is 6.10 Å². The fourth-order valence-corrected chi connectivity index (χ4v) is 2.05. The van der Waals surface area contributed by atoms with Gasteiger partial charge in [-0.15, -0.1) is 0 Å². The molecule has 1 aromatic rings. The molecule has 0 bridgehead atoms. The molecule has 1 aromatic carbocycles. The van der Waals surface area contributed by atoms with Crippen LogP contribution in [0.5, 0.6) is 5.75 Å². The van der Waals surface area contributed by atoms with Gasteiger partial charge in [0.25, 0.3) is 0 Å². The molecule has 13 heavy (non-hydrogen) atoms. The molecule has 1 heterocycles. The molecule has 1 aliphatic rings. The van der Waals surface area contributed by atoms with Gasteiger partial charge in [-0.3, -0.25) is 0 Å². The monoisotopic (exact) mass is 242 g/mol. The van der Waals surface area contributed by atoms with Crippen LogP contribution in [0.25, 0.3) is 0 Å². The summed E-state index contributed by atoms with van der Waals surface area (Å²) < 4.78 is 6.42. The van der Waals surface area contributed by atoms with Gasteiger partial charge in [-0.25, -0.2) is 0 Å². The maximum atomic E-state index is 9.63. The van der Waals surface area contributed by atoms with E-state index >= 15 is 0 Å². The van der Waals surface area contributed by atoms with E-state index in [0.717, 1.165) is 26.9 Å². The number of hydrogen-bond donors (Lipinski definition) is 1. The highest BCUT2D eigenvalue weighted by molar-refractivity contribution is 9.10. The van der Waals surface area contributed by atoms with Crippen LogP contribution in [0, 0.1) is 13.8 Å². The Morgan fingerprint density at radius 3 is 2.92 bits per heavy atom. The summed E-state index contributed by atoms with van der Waals surface area (Å²) in [6.45, 7) is 4.39. The maximum Gasteiger partial charge on any atom is 0.125 e. The van der Waals surface area contributed by atoms with E-state index in [1.54, 1.807) is 0 Å². The second-order valence-electron chi connectivity index (χ2n) is 3.37. The Bertz CT molecular complexity index is 360. The van der Waals surface area contributed by atoms with Gasteiger partial charge in [0, 0.05) is 10.0 Å². The van der Waals surface area contributed by atoms with Crippen molar-refractivity contribution in [2.24, 2.45) is 0 Å². The Hall–Kier alpha value is -0.540. The van der Waals surface area contributed by atoms with Gasteiger partial charge in [0.2, 0.25) is 0 Å². The standard InChI is InChI=1S/C10H11BrO2/c1-5-3-8-9(6(2)10(5)11)7(12)4-13-8/h3,7,12H,4H2,1-2H3. The van der Waals surface area contributed by atoms with Crippen molar-refractivity contribution >= 4 is 15.9 Å². The van der Waals surface area contributed by atoms with Gasteiger partial charge >= 0.3 is 0 Å². The first-order valence-electron chi connectivity index (χ1n) is 4.21. The summed E-state index contributed by atoms with van der Waals surface area (Å²) in [6, 6.07) is 1.96. The molecule has 2 nitrogen and oxygen atoms in total. The summed E-state index contributed by atoms with van der Waals surface area (Å²) >= 11 is 3.49. The van der Waals surface area contributed by atoms with E-state index in [0.29, 0.717) is 6.61 Å². The van der Waals surface area contributed by atoms with Crippen LogP contribution in [-0.2, 0) is 0 Å². The Morgan fingerprint density at radius 2 is 2.23 bits per heavy atom. The van der Waals surface area contributed by atoms with Gasteiger partial charge in [-0.2, -0.15) is 0 Å². The van der Waals surface area contributed by atoms with Gasteiger partial charge in [0.05, 0.1) is 0 Å². The topological polar surface area (TPSA) is 29.5 Å². The van der Waals surface area contributed by atoms with Crippen LogP contribution in [0.15, 0.2) is 10.5 Å². The zero-order valence-electron chi connectivity index (χ0n) is 7.60. The molecule has 1 unspecified atom stereocenters. The Labute approximate surface area is 85.7 Å². The van der Waals surface area contributed by atoms with E-state index in [-0.39, 0.29) is 0 Å². The minimum atomic E-state index is -0.466. The minimum absolute atomic E-state index is 0.381. The molecule has 0 aromatic heterocycles. The van der Waals surface area contributed by atoms with Gasteiger partial charge < -0.3 is 9.84 Å². The molecule has 0 radical (unpaired) electrons. The first kappa shape index (κ1) is 9.03. The zero-order valence-corrected chi connectivity index (χ0v) is 9.18. The summed E-state index contributed by atoms with van der Waals surface area (Å²) in [5.74, 6) is 0.825. The molecule has 0 spiro atoms. The third-order valence-electron chi connectivity index (χ3n) is 2.42. The highest BCUT2D eigenvalue weighted by Crippen LogP contribution is 2.39. The summed E-state index contributed by atoms with van der Waals surface area (Å²) in [6.07, 6.45) is -0.466. The number of hydrogen-bond acceptors (Lipinski definition) is 2. The lowest BCUT2D eigenvalue weighted by molar-refractivity contribution is 0.140. The predicted molar refractivity (Wildman–Crippen MR) is 54.1 cm³/mol. The molecular weight excluding hydrogens is 232 g/mol. The lowest BCUT2D eigenvalue weighted by atomic mass is 10.0. The number of benzene rings is 1. The minimum Gasteiger partial charge on any atom is -0.490 e. The molecular formula is C10H11BrO2. The van der Waals surface area contributed by atoms with Crippen LogP contribution in [0.4, 0.5) is 0 Å². The van der Waals surface area contributed by atoms with Crippen LogP contribution in [0.2, 0.25) is 0 Å². The summed E-state index contributed by atoms with van der Waals surface area (Å²) in [4.78, 5) is 0. The van der Waals surface area contributed by atoms with Crippen molar-refractivity contribution in [3.8, 4) is 5.75 Å². The fraction of sp³-hybridized carbons (Fsp3) is 0.400. The molecule has 1 aliphatic heterocycles. The van der Waals surface area contributed by atoms with Crippen LogP contribution in [0.1, 0.15) is 22.8 Å². The van der Waals surface area contributed by atoms with Crippen molar-refractivity contribution in [1.29, 1.82) is 0 Å². The first-order chi connectivity index (χ1) is 6.11. The Kier molecular flexibility index (Phi) is 2.08. The third kappa shape index (κ3) is 1.27.